The Labute approximate surface area is 148 Å². The van der Waals surface area contributed by atoms with Crippen LogP contribution in [-0.4, -0.2) is 62.2 Å². The van der Waals surface area contributed by atoms with Crippen LogP contribution in [0.25, 0.3) is 0 Å². The second kappa shape index (κ2) is 7.13. The Bertz CT molecular complexity index is 774. The van der Waals surface area contributed by atoms with Crippen LogP contribution < -0.4 is 5.32 Å². The van der Waals surface area contributed by atoms with Crippen molar-refractivity contribution in [1.82, 2.24) is 14.5 Å². The zero-order valence-electron chi connectivity index (χ0n) is 14.3. The lowest BCUT2D eigenvalue weighted by atomic mass is 10.0. The molecule has 0 aromatic heterocycles. The van der Waals surface area contributed by atoms with E-state index in [-0.39, 0.29) is 16.7 Å². The largest absolute Gasteiger partial charge is 0.358 e. The molecule has 2 saturated heterocycles. The summed E-state index contributed by atoms with van der Waals surface area (Å²) in [5, 5.41) is 2.54. The molecule has 1 unspecified atom stereocenters. The number of sulfonamides is 1. The van der Waals surface area contributed by atoms with E-state index in [4.69, 9.17) is 0 Å². The van der Waals surface area contributed by atoms with Gasteiger partial charge in [0.25, 0.3) is 5.91 Å². The molecule has 2 aliphatic heterocycles. The number of rotatable bonds is 4. The summed E-state index contributed by atoms with van der Waals surface area (Å²) < 4.78 is 27.4. The van der Waals surface area contributed by atoms with Crippen molar-refractivity contribution in [3.8, 4) is 0 Å². The molecule has 1 N–H and O–H groups in total. The lowest BCUT2D eigenvalue weighted by Gasteiger charge is -2.33. The molecule has 0 bridgehead atoms. The Kier molecular flexibility index (Phi) is 5.10. The van der Waals surface area contributed by atoms with Crippen molar-refractivity contribution >= 4 is 21.8 Å². The minimum absolute atomic E-state index is 0.0645. The Balaban J connectivity index is 1.90. The molecule has 1 atom stereocenters. The fourth-order valence-corrected chi connectivity index (χ4v) is 4.95. The van der Waals surface area contributed by atoms with Gasteiger partial charge in [-0.1, -0.05) is 12.5 Å². The monoisotopic (exact) mass is 365 g/mol. The highest BCUT2D eigenvalue weighted by molar-refractivity contribution is 7.89. The third-order valence-electron chi connectivity index (χ3n) is 4.83. The summed E-state index contributed by atoms with van der Waals surface area (Å²) in [4.78, 5) is 26.2. The minimum atomic E-state index is -3.83. The summed E-state index contributed by atoms with van der Waals surface area (Å²) in [7, 11) is -2.33. The Hall–Kier alpha value is -1.93. The number of nitrogens with one attached hydrogen (secondary N) is 1. The standard InChI is InChI=1S/C17H23N3O4S/c1-18-16(21)15-8-2-3-11-20(15)25(23,24)14-7-4-6-13(12-14)17(22)19-9-5-10-19/h4,6-7,12,15H,2-3,5,8-11H2,1H3,(H,18,21). The first-order chi connectivity index (χ1) is 11.9. The molecule has 1 aromatic carbocycles. The first-order valence-electron chi connectivity index (χ1n) is 8.58. The number of likely N-dealkylation sites (N-methyl/N-ethyl adjacent to an activating group) is 1. The fourth-order valence-electron chi connectivity index (χ4n) is 3.25. The summed E-state index contributed by atoms with van der Waals surface area (Å²) >= 11 is 0. The zero-order chi connectivity index (χ0) is 18.0. The van der Waals surface area contributed by atoms with Gasteiger partial charge in [-0.2, -0.15) is 4.31 Å². The van der Waals surface area contributed by atoms with E-state index in [0.29, 0.717) is 31.6 Å². The SMILES string of the molecule is CNC(=O)C1CCCCN1S(=O)(=O)c1cccc(C(=O)N2CCC2)c1. The van der Waals surface area contributed by atoms with Crippen molar-refractivity contribution in [1.29, 1.82) is 0 Å². The normalized spacial score (nSPS) is 21.5. The quantitative estimate of drug-likeness (QED) is 0.856. The average Bonchev–Trinajstić information content (AvgIpc) is 2.59. The van der Waals surface area contributed by atoms with E-state index in [1.807, 2.05) is 0 Å². The summed E-state index contributed by atoms with van der Waals surface area (Å²) in [6.45, 7) is 1.73. The van der Waals surface area contributed by atoms with Crippen molar-refractivity contribution in [2.75, 3.05) is 26.7 Å². The van der Waals surface area contributed by atoms with Crippen molar-refractivity contribution in [2.24, 2.45) is 0 Å². The maximum atomic E-state index is 13.1. The van der Waals surface area contributed by atoms with E-state index < -0.39 is 16.1 Å². The molecule has 2 fully saturated rings. The Morgan fingerprint density at radius 2 is 1.88 bits per heavy atom. The molecule has 2 amide bonds. The second-order valence-corrected chi connectivity index (χ2v) is 8.31. The third kappa shape index (κ3) is 3.41. The highest BCUT2D eigenvalue weighted by atomic mass is 32.2. The van der Waals surface area contributed by atoms with E-state index in [2.05, 4.69) is 5.32 Å². The number of likely N-dealkylation sites (tertiary alicyclic amines) is 1. The summed E-state index contributed by atoms with van der Waals surface area (Å²) in [5.74, 6) is -0.444. The van der Waals surface area contributed by atoms with Gasteiger partial charge < -0.3 is 10.2 Å². The lowest BCUT2D eigenvalue weighted by Crippen LogP contribution is -2.51. The highest BCUT2D eigenvalue weighted by Gasteiger charge is 2.37. The zero-order valence-corrected chi connectivity index (χ0v) is 15.1. The van der Waals surface area contributed by atoms with Crippen LogP contribution in [0.1, 0.15) is 36.0 Å². The molecule has 0 aliphatic carbocycles. The van der Waals surface area contributed by atoms with Gasteiger partial charge in [-0.05, 0) is 37.5 Å². The lowest BCUT2D eigenvalue weighted by molar-refractivity contribution is -0.125. The van der Waals surface area contributed by atoms with Crippen molar-refractivity contribution in [3.63, 3.8) is 0 Å². The van der Waals surface area contributed by atoms with E-state index in [1.165, 1.54) is 23.5 Å². The van der Waals surface area contributed by atoms with E-state index in [1.54, 1.807) is 17.0 Å². The fraction of sp³-hybridized carbons (Fsp3) is 0.529. The van der Waals surface area contributed by atoms with Crippen LogP contribution in [0.15, 0.2) is 29.2 Å². The third-order valence-corrected chi connectivity index (χ3v) is 6.74. The molecule has 0 radical (unpaired) electrons. The van der Waals surface area contributed by atoms with Gasteiger partial charge in [-0.15, -0.1) is 0 Å². The molecule has 0 saturated carbocycles. The number of nitrogens with zero attached hydrogens (tertiary/aromatic N) is 2. The van der Waals surface area contributed by atoms with E-state index >= 15 is 0 Å². The van der Waals surface area contributed by atoms with Gasteiger partial charge >= 0.3 is 0 Å². The Morgan fingerprint density at radius 1 is 1.12 bits per heavy atom. The molecule has 136 valence electrons. The molecule has 8 heteroatoms. The molecule has 2 aliphatic rings. The van der Waals surface area contributed by atoms with Gasteiger partial charge in [-0.3, -0.25) is 9.59 Å². The number of carbonyl (C=O) groups excluding carboxylic acids is 2. The van der Waals surface area contributed by atoms with Crippen molar-refractivity contribution < 1.29 is 18.0 Å². The van der Waals surface area contributed by atoms with Crippen molar-refractivity contribution in [3.05, 3.63) is 29.8 Å². The van der Waals surface area contributed by atoms with E-state index in [0.717, 1.165) is 19.3 Å². The van der Waals surface area contributed by atoms with Gasteiger partial charge in [0.1, 0.15) is 6.04 Å². The second-order valence-electron chi connectivity index (χ2n) is 6.42. The highest BCUT2D eigenvalue weighted by Crippen LogP contribution is 2.26. The average molecular weight is 365 g/mol. The molecular formula is C17H23N3O4S. The molecule has 7 nitrogen and oxygen atoms in total. The van der Waals surface area contributed by atoms with E-state index in [9.17, 15) is 18.0 Å². The maximum Gasteiger partial charge on any atom is 0.253 e. The van der Waals surface area contributed by atoms with Gasteiger partial charge in [0.15, 0.2) is 0 Å². The Morgan fingerprint density at radius 3 is 2.52 bits per heavy atom. The molecule has 0 spiro atoms. The number of carbonyl (C=O) groups is 2. The van der Waals surface area contributed by atoms with Gasteiger partial charge in [0, 0.05) is 32.2 Å². The topological polar surface area (TPSA) is 86.8 Å². The minimum Gasteiger partial charge on any atom is -0.358 e. The van der Waals surface area contributed by atoms with Crippen LogP contribution in [0, 0.1) is 0 Å². The number of hydrogen-bond acceptors (Lipinski definition) is 4. The van der Waals surface area contributed by atoms with Gasteiger partial charge in [0.2, 0.25) is 15.9 Å². The predicted molar refractivity (Wildman–Crippen MR) is 92.6 cm³/mol. The number of amides is 2. The molecular weight excluding hydrogens is 342 g/mol. The predicted octanol–water partition coefficient (Wildman–Crippen LogP) is 0.822. The maximum absolute atomic E-state index is 13.1. The van der Waals surface area contributed by atoms with Crippen LogP contribution in [0.2, 0.25) is 0 Å². The first-order valence-corrected chi connectivity index (χ1v) is 10.0. The number of hydrogen-bond donors (Lipinski definition) is 1. The van der Waals surface area contributed by atoms with Crippen LogP contribution in [0.3, 0.4) is 0 Å². The molecule has 3 rings (SSSR count). The van der Waals surface area contributed by atoms with Crippen molar-refractivity contribution in [2.45, 2.75) is 36.6 Å². The summed E-state index contributed by atoms with van der Waals surface area (Å²) in [5.41, 5.74) is 0.370. The molecule has 25 heavy (non-hydrogen) atoms. The molecule has 1 aromatic rings. The summed E-state index contributed by atoms with van der Waals surface area (Å²) in [6, 6.07) is 5.42. The first kappa shape index (κ1) is 17.9. The van der Waals surface area contributed by atoms with Gasteiger partial charge in [-0.25, -0.2) is 8.42 Å². The smallest absolute Gasteiger partial charge is 0.253 e. The number of benzene rings is 1. The number of piperidine rings is 1. The summed E-state index contributed by atoms with van der Waals surface area (Å²) in [6.07, 6.45) is 3.02. The van der Waals surface area contributed by atoms with Crippen LogP contribution >= 0.6 is 0 Å². The van der Waals surface area contributed by atoms with Crippen LogP contribution in [-0.2, 0) is 14.8 Å². The van der Waals surface area contributed by atoms with Gasteiger partial charge in [0.05, 0.1) is 4.90 Å². The van der Waals surface area contributed by atoms with Crippen LogP contribution in [0.4, 0.5) is 0 Å². The van der Waals surface area contributed by atoms with Crippen LogP contribution in [0.5, 0.6) is 0 Å². The molecule has 2 heterocycles.